The largest absolute Gasteiger partial charge is 0.484 e. The topological polar surface area (TPSA) is 87.7 Å². The number of aliphatic hydroxyl groups excluding tert-OH is 1. The standard InChI is InChI=1S/C16H22N2O4/c1-10(2)14(8-19)18-16(21)9-22-12-5-3-11-4-6-15(20)17-13(11)7-12/h3,5,7,10,14,19H,4,6,8-9H2,1-2H3,(H,17,20)(H,18,21)/t14-/m1/s1. The summed E-state index contributed by atoms with van der Waals surface area (Å²) in [5, 5.41) is 14.7. The van der Waals surface area contributed by atoms with Crippen molar-refractivity contribution in [2.24, 2.45) is 5.92 Å². The number of ether oxygens (including phenoxy) is 1. The third kappa shape index (κ3) is 4.21. The van der Waals surface area contributed by atoms with E-state index < -0.39 is 0 Å². The lowest BCUT2D eigenvalue weighted by atomic mass is 10.0. The fourth-order valence-corrected chi connectivity index (χ4v) is 2.26. The van der Waals surface area contributed by atoms with Gasteiger partial charge in [0.05, 0.1) is 12.6 Å². The molecule has 6 nitrogen and oxygen atoms in total. The van der Waals surface area contributed by atoms with Gasteiger partial charge in [0.25, 0.3) is 5.91 Å². The monoisotopic (exact) mass is 306 g/mol. The molecule has 120 valence electrons. The first-order valence-electron chi connectivity index (χ1n) is 7.45. The van der Waals surface area contributed by atoms with Crippen LogP contribution in [-0.4, -0.2) is 36.2 Å². The highest BCUT2D eigenvalue weighted by atomic mass is 16.5. The zero-order chi connectivity index (χ0) is 16.1. The second kappa shape index (κ2) is 7.26. The highest BCUT2D eigenvalue weighted by molar-refractivity contribution is 5.94. The van der Waals surface area contributed by atoms with Gasteiger partial charge in [0.1, 0.15) is 5.75 Å². The Bertz CT molecular complexity index is 557. The lowest BCUT2D eigenvalue weighted by Gasteiger charge is -2.20. The minimum atomic E-state index is -0.283. The smallest absolute Gasteiger partial charge is 0.258 e. The van der Waals surface area contributed by atoms with Crippen LogP contribution in [0.3, 0.4) is 0 Å². The van der Waals surface area contributed by atoms with Crippen molar-refractivity contribution in [3.05, 3.63) is 23.8 Å². The Kier molecular flexibility index (Phi) is 5.38. The summed E-state index contributed by atoms with van der Waals surface area (Å²) in [7, 11) is 0. The highest BCUT2D eigenvalue weighted by Gasteiger charge is 2.17. The summed E-state index contributed by atoms with van der Waals surface area (Å²) in [5.74, 6) is 0.383. The molecule has 3 N–H and O–H groups in total. The summed E-state index contributed by atoms with van der Waals surface area (Å²) in [4.78, 5) is 23.2. The molecular weight excluding hydrogens is 284 g/mol. The third-order valence-electron chi connectivity index (χ3n) is 3.69. The molecule has 22 heavy (non-hydrogen) atoms. The van der Waals surface area contributed by atoms with Crippen molar-refractivity contribution in [2.45, 2.75) is 32.7 Å². The molecule has 0 aromatic heterocycles. The minimum absolute atomic E-state index is 0.00915. The Morgan fingerprint density at radius 3 is 2.86 bits per heavy atom. The first-order chi connectivity index (χ1) is 10.5. The zero-order valence-corrected chi connectivity index (χ0v) is 12.9. The van der Waals surface area contributed by atoms with Crippen LogP contribution >= 0.6 is 0 Å². The van der Waals surface area contributed by atoms with E-state index in [1.807, 2.05) is 19.9 Å². The molecule has 1 aromatic carbocycles. The molecule has 1 atom stereocenters. The van der Waals surface area contributed by atoms with Gasteiger partial charge >= 0.3 is 0 Å². The number of carbonyl (C=O) groups excluding carboxylic acids is 2. The molecule has 0 unspecified atom stereocenters. The van der Waals surface area contributed by atoms with E-state index in [0.717, 1.165) is 11.3 Å². The first-order valence-corrected chi connectivity index (χ1v) is 7.45. The van der Waals surface area contributed by atoms with Crippen molar-refractivity contribution in [3.63, 3.8) is 0 Å². The van der Waals surface area contributed by atoms with Gasteiger partial charge in [0, 0.05) is 18.2 Å². The average molecular weight is 306 g/mol. The average Bonchev–Trinajstić information content (AvgIpc) is 2.49. The van der Waals surface area contributed by atoms with Gasteiger partial charge in [-0.2, -0.15) is 0 Å². The molecule has 0 bridgehead atoms. The van der Waals surface area contributed by atoms with Crippen LogP contribution in [0, 0.1) is 5.92 Å². The number of rotatable bonds is 6. The van der Waals surface area contributed by atoms with E-state index in [2.05, 4.69) is 10.6 Å². The lowest BCUT2D eigenvalue weighted by molar-refractivity contribution is -0.124. The molecule has 6 heteroatoms. The Hall–Kier alpha value is -2.08. The van der Waals surface area contributed by atoms with Gasteiger partial charge in [0.2, 0.25) is 5.91 Å². The normalized spacial score (nSPS) is 15.0. The molecule has 0 radical (unpaired) electrons. The van der Waals surface area contributed by atoms with Crippen molar-refractivity contribution in [2.75, 3.05) is 18.5 Å². The van der Waals surface area contributed by atoms with Crippen LogP contribution < -0.4 is 15.4 Å². The first kappa shape index (κ1) is 16.3. The summed E-state index contributed by atoms with van der Waals surface area (Å²) in [6.45, 7) is 3.62. The van der Waals surface area contributed by atoms with Crippen LogP contribution in [0.25, 0.3) is 0 Å². The summed E-state index contributed by atoms with van der Waals surface area (Å²) in [5.41, 5.74) is 1.81. The molecule has 1 aromatic rings. The molecule has 0 aliphatic carbocycles. The fourth-order valence-electron chi connectivity index (χ4n) is 2.26. The van der Waals surface area contributed by atoms with Crippen LogP contribution in [0.15, 0.2) is 18.2 Å². The van der Waals surface area contributed by atoms with Crippen molar-refractivity contribution in [1.82, 2.24) is 5.32 Å². The van der Waals surface area contributed by atoms with Gasteiger partial charge in [0.15, 0.2) is 6.61 Å². The molecular formula is C16H22N2O4. The van der Waals surface area contributed by atoms with Crippen molar-refractivity contribution in [1.29, 1.82) is 0 Å². The Morgan fingerprint density at radius 2 is 2.18 bits per heavy atom. The predicted octanol–water partition coefficient (Wildman–Crippen LogP) is 1.08. The second-order valence-corrected chi connectivity index (χ2v) is 5.76. The van der Waals surface area contributed by atoms with Gasteiger partial charge in [-0.1, -0.05) is 19.9 Å². The maximum absolute atomic E-state index is 11.8. The summed E-state index contributed by atoms with van der Waals surface area (Å²) < 4.78 is 5.45. The number of hydrogen-bond donors (Lipinski definition) is 3. The van der Waals surface area contributed by atoms with Gasteiger partial charge in [-0.15, -0.1) is 0 Å². The highest BCUT2D eigenvalue weighted by Crippen LogP contribution is 2.27. The maximum atomic E-state index is 11.8. The van der Waals surface area contributed by atoms with Crippen molar-refractivity contribution < 1.29 is 19.4 Å². The number of nitrogens with one attached hydrogen (secondary N) is 2. The van der Waals surface area contributed by atoms with E-state index >= 15 is 0 Å². The number of aliphatic hydroxyl groups is 1. The molecule has 1 aliphatic rings. The van der Waals surface area contributed by atoms with Crippen LogP contribution in [0.5, 0.6) is 5.75 Å². The summed E-state index contributed by atoms with van der Waals surface area (Å²) in [6.07, 6.45) is 1.21. The lowest BCUT2D eigenvalue weighted by Crippen LogP contribution is -2.43. The number of benzene rings is 1. The summed E-state index contributed by atoms with van der Waals surface area (Å²) in [6, 6.07) is 5.13. The molecule has 0 saturated heterocycles. The SMILES string of the molecule is CC(C)[C@@H](CO)NC(=O)COc1ccc2c(c1)NC(=O)CC2. The van der Waals surface area contributed by atoms with Gasteiger partial charge in [-0.05, 0) is 24.0 Å². The van der Waals surface area contributed by atoms with Crippen molar-refractivity contribution in [3.8, 4) is 5.75 Å². The van der Waals surface area contributed by atoms with E-state index in [-0.39, 0.29) is 37.0 Å². The predicted molar refractivity (Wildman–Crippen MR) is 82.7 cm³/mol. The van der Waals surface area contributed by atoms with Gasteiger partial charge < -0.3 is 20.5 Å². The number of hydrogen-bond acceptors (Lipinski definition) is 4. The number of amides is 2. The second-order valence-electron chi connectivity index (χ2n) is 5.76. The molecule has 1 aliphatic heterocycles. The minimum Gasteiger partial charge on any atom is -0.484 e. The molecule has 0 spiro atoms. The Labute approximate surface area is 129 Å². The van der Waals surface area contributed by atoms with Crippen LogP contribution in [-0.2, 0) is 16.0 Å². The maximum Gasteiger partial charge on any atom is 0.258 e. The van der Waals surface area contributed by atoms with E-state index in [1.54, 1.807) is 12.1 Å². The van der Waals surface area contributed by atoms with Crippen LogP contribution in [0.4, 0.5) is 5.69 Å². The molecule has 1 heterocycles. The van der Waals surface area contributed by atoms with E-state index in [1.165, 1.54) is 0 Å². The Morgan fingerprint density at radius 1 is 1.41 bits per heavy atom. The molecule has 0 fully saturated rings. The summed E-state index contributed by atoms with van der Waals surface area (Å²) >= 11 is 0. The van der Waals surface area contributed by atoms with Crippen LogP contribution in [0.1, 0.15) is 25.8 Å². The Balaban J connectivity index is 1.90. The number of aryl methyl sites for hydroxylation is 1. The molecule has 2 amide bonds. The molecule has 0 saturated carbocycles. The fraction of sp³-hybridized carbons (Fsp3) is 0.500. The number of anilines is 1. The molecule has 2 rings (SSSR count). The van der Waals surface area contributed by atoms with E-state index in [4.69, 9.17) is 4.74 Å². The zero-order valence-electron chi connectivity index (χ0n) is 12.9. The van der Waals surface area contributed by atoms with Gasteiger partial charge in [-0.25, -0.2) is 0 Å². The van der Waals surface area contributed by atoms with E-state index in [0.29, 0.717) is 18.6 Å². The third-order valence-corrected chi connectivity index (χ3v) is 3.69. The van der Waals surface area contributed by atoms with Crippen molar-refractivity contribution >= 4 is 17.5 Å². The van der Waals surface area contributed by atoms with Crippen LogP contribution in [0.2, 0.25) is 0 Å². The number of carbonyl (C=O) groups is 2. The van der Waals surface area contributed by atoms with Gasteiger partial charge in [-0.3, -0.25) is 9.59 Å². The number of fused-ring (bicyclic) bond motifs is 1. The van der Waals surface area contributed by atoms with E-state index in [9.17, 15) is 14.7 Å². The quantitative estimate of drug-likeness (QED) is 0.734.